The number of hydrogen-bond acceptors (Lipinski definition) is 1. The normalized spacial score (nSPS) is 12.3. The summed E-state index contributed by atoms with van der Waals surface area (Å²) in [6.45, 7) is 15.7. The number of rotatable bonds is 5. The Kier molecular flexibility index (Phi) is 4.75. The molecule has 0 radical (unpaired) electrons. The SMILES string of the molecule is CCN(CC)C(C)(C)c1ccccc1-c1[nH]c2cccc(C)c2c1C. The topological polar surface area (TPSA) is 19.0 Å². The van der Waals surface area contributed by atoms with Crippen molar-refractivity contribution >= 4 is 10.9 Å². The molecule has 1 aromatic heterocycles. The molecule has 0 bridgehead atoms. The Labute approximate surface area is 151 Å². The van der Waals surface area contributed by atoms with Gasteiger partial charge in [0.15, 0.2) is 0 Å². The van der Waals surface area contributed by atoms with Crippen molar-refractivity contribution in [1.82, 2.24) is 9.88 Å². The van der Waals surface area contributed by atoms with Gasteiger partial charge < -0.3 is 4.98 Å². The third-order valence-electron chi connectivity index (χ3n) is 5.69. The molecule has 1 heterocycles. The highest BCUT2D eigenvalue weighted by Gasteiger charge is 2.29. The first-order chi connectivity index (χ1) is 11.9. The van der Waals surface area contributed by atoms with Crippen LogP contribution in [0.25, 0.3) is 22.2 Å². The van der Waals surface area contributed by atoms with Crippen LogP contribution in [0, 0.1) is 13.8 Å². The van der Waals surface area contributed by atoms with Gasteiger partial charge in [0.25, 0.3) is 0 Å². The van der Waals surface area contributed by atoms with Gasteiger partial charge in [-0.1, -0.05) is 50.2 Å². The maximum Gasteiger partial charge on any atom is 0.0498 e. The maximum atomic E-state index is 3.69. The van der Waals surface area contributed by atoms with Gasteiger partial charge in [0, 0.05) is 27.7 Å². The Hall–Kier alpha value is -2.06. The minimum Gasteiger partial charge on any atom is -0.354 e. The van der Waals surface area contributed by atoms with Gasteiger partial charge in [0.2, 0.25) is 0 Å². The Morgan fingerprint density at radius 1 is 0.920 bits per heavy atom. The molecule has 2 aromatic carbocycles. The van der Waals surface area contributed by atoms with Crippen LogP contribution in [0.3, 0.4) is 0 Å². The molecule has 0 aliphatic carbocycles. The van der Waals surface area contributed by atoms with Crippen LogP contribution < -0.4 is 0 Å². The summed E-state index contributed by atoms with van der Waals surface area (Å²) in [4.78, 5) is 6.21. The van der Waals surface area contributed by atoms with Crippen molar-refractivity contribution < 1.29 is 0 Å². The predicted octanol–water partition coefficient (Wildman–Crippen LogP) is 6.03. The molecule has 0 saturated carbocycles. The summed E-state index contributed by atoms with van der Waals surface area (Å²) >= 11 is 0. The van der Waals surface area contributed by atoms with E-state index in [0.717, 1.165) is 13.1 Å². The van der Waals surface area contributed by atoms with Crippen LogP contribution >= 0.6 is 0 Å². The molecular weight excluding hydrogens is 304 g/mol. The first-order valence-electron chi connectivity index (χ1n) is 9.34. The van der Waals surface area contributed by atoms with Crippen LogP contribution in [0.15, 0.2) is 42.5 Å². The fourth-order valence-electron chi connectivity index (χ4n) is 4.31. The van der Waals surface area contributed by atoms with Gasteiger partial charge in [-0.3, -0.25) is 4.90 Å². The summed E-state index contributed by atoms with van der Waals surface area (Å²) in [6, 6.07) is 15.3. The molecule has 2 heteroatoms. The molecular formula is C23H30N2. The van der Waals surface area contributed by atoms with E-state index in [4.69, 9.17) is 0 Å². The number of nitrogens with zero attached hydrogens (tertiary/aromatic N) is 1. The summed E-state index contributed by atoms with van der Waals surface area (Å²) in [7, 11) is 0. The fraction of sp³-hybridized carbons (Fsp3) is 0.391. The van der Waals surface area contributed by atoms with E-state index in [9.17, 15) is 0 Å². The molecule has 0 atom stereocenters. The van der Waals surface area contributed by atoms with Crippen molar-refractivity contribution in [3.05, 3.63) is 59.2 Å². The minimum atomic E-state index is -0.0150. The summed E-state index contributed by atoms with van der Waals surface area (Å²) in [5.74, 6) is 0. The zero-order valence-corrected chi connectivity index (χ0v) is 16.4. The van der Waals surface area contributed by atoms with E-state index < -0.39 is 0 Å². The second kappa shape index (κ2) is 6.68. The Morgan fingerprint density at radius 2 is 1.60 bits per heavy atom. The van der Waals surface area contributed by atoms with Gasteiger partial charge in [0.1, 0.15) is 0 Å². The lowest BCUT2D eigenvalue weighted by molar-refractivity contribution is 0.135. The number of aryl methyl sites for hydroxylation is 2. The monoisotopic (exact) mass is 334 g/mol. The summed E-state index contributed by atoms with van der Waals surface area (Å²) < 4.78 is 0. The van der Waals surface area contributed by atoms with E-state index >= 15 is 0 Å². The molecule has 0 aliphatic rings. The second-order valence-corrected chi connectivity index (χ2v) is 7.40. The van der Waals surface area contributed by atoms with Crippen LogP contribution in [-0.2, 0) is 5.54 Å². The third-order valence-corrected chi connectivity index (χ3v) is 5.69. The van der Waals surface area contributed by atoms with Crippen LogP contribution in [0.5, 0.6) is 0 Å². The van der Waals surface area contributed by atoms with Crippen molar-refractivity contribution in [3.63, 3.8) is 0 Å². The number of nitrogens with one attached hydrogen (secondary N) is 1. The zero-order chi connectivity index (χ0) is 18.2. The van der Waals surface area contributed by atoms with E-state index in [1.165, 1.54) is 38.9 Å². The van der Waals surface area contributed by atoms with Gasteiger partial charge in [0.05, 0.1) is 0 Å². The summed E-state index contributed by atoms with van der Waals surface area (Å²) in [5.41, 5.74) is 7.83. The van der Waals surface area contributed by atoms with Gasteiger partial charge in [-0.2, -0.15) is 0 Å². The maximum absolute atomic E-state index is 3.69. The highest BCUT2D eigenvalue weighted by molar-refractivity contribution is 5.93. The summed E-state index contributed by atoms with van der Waals surface area (Å²) in [5, 5.41) is 1.35. The van der Waals surface area contributed by atoms with Gasteiger partial charge in [-0.25, -0.2) is 0 Å². The number of hydrogen-bond donors (Lipinski definition) is 1. The lowest BCUT2D eigenvalue weighted by atomic mass is 9.86. The lowest BCUT2D eigenvalue weighted by Crippen LogP contribution is -2.41. The molecule has 2 nitrogen and oxygen atoms in total. The molecule has 0 spiro atoms. The molecule has 0 saturated heterocycles. The standard InChI is InChI=1S/C23H30N2/c1-7-25(8-2)23(5,6)19-14-10-9-13-18(19)22-17(4)21-16(3)12-11-15-20(21)24-22/h9-15,24H,7-8H2,1-6H3. The quantitative estimate of drug-likeness (QED) is 0.603. The fourth-order valence-corrected chi connectivity index (χ4v) is 4.31. The zero-order valence-electron chi connectivity index (χ0n) is 16.4. The van der Waals surface area contributed by atoms with Crippen LogP contribution in [-0.4, -0.2) is 23.0 Å². The average Bonchev–Trinajstić information content (AvgIpc) is 2.94. The van der Waals surface area contributed by atoms with Crippen molar-refractivity contribution in [3.8, 4) is 11.3 Å². The molecule has 0 fully saturated rings. The molecule has 0 aliphatic heterocycles. The molecule has 1 N–H and O–H groups in total. The highest BCUT2D eigenvalue weighted by atomic mass is 15.2. The van der Waals surface area contributed by atoms with Gasteiger partial charge >= 0.3 is 0 Å². The number of H-pyrrole nitrogens is 1. The number of aromatic nitrogens is 1. The van der Waals surface area contributed by atoms with Crippen LogP contribution in [0.1, 0.15) is 44.4 Å². The highest BCUT2D eigenvalue weighted by Crippen LogP contribution is 2.38. The van der Waals surface area contributed by atoms with E-state index in [0.29, 0.717) is 0 Å². The number of fused-ring (bicyclic) bond motifs is 1. The smallest absolute Gasteiger partial charge is 0.0498 e. The van der Waals surface area contributed by atoms with Crippen molar-refractivity contribution in [2.75, 3.05) is 13.1 Å². The molecule has 3 rings (SSSR count). The largest absolute Gasteiger partial charge is 0.354 e. The van der Waals surface area contributed by atoms with Crippen molar-refractivity contribution in [2.24, 2.45) is 0 Å². The molecule has 0 amide bonds. The van der Waals surface area contributed by atoms with Gasteiger partial charge in [-0.05, 0) is 63.5 Å². The number of aromatic amines is 1. The van der Waals surface area contributed by atoms with Crippen molar-refractivity contribution in [1.29, 1.82) is 0 Å². The van der Waals surface area contributed by atoms with Crippen molar-refractivity contribution in [2.45, 2.75) is 47.1 Å². The third kappa shape index (κ3) is 2.89. The summed E-state index contributed by atoms with van der Waals surface area (Å²) in [6.07, 6.45) is 0. The minimum absolute atomic E-state index is 0.0150. The molecule has 0 unspecified atom stereocenters. The first-order valence-corrected chi connectivity index (χ1v) is 9.34. The van der Waals surface area contributed by atoms with E-state index in [2.05, 4.69) is 93.9 Å². The first kappa shape index (κ1) is 17.8. The van der Waals surface area contributed by atoms with E-state index in [1.807, 2.05) is 0 Å². The second-order valence-electron chi connectivity index (χ2n) is 7.40. The molecule has 132 valence electrons. The van der Waals surface area contributed by atoms with E-state index in [-0.39, 0.29) is 5.54 Å². The number of benzene rings is 2. The Morgan fingerprint density at radius 3 is 2.24 bits per heavy atom. The Balaban J connectivity index is 2.24. The molecule has 25 heavy (non-hydrogen) atoms. The average molecular weight is 335 g/mol. The van der Waals surface area contributed by atoms with E-state index in [1.54, 1.807) is 0 Å². The molecule has 3 aromatic rings. The van der Waals surface area contributed by atoms with Crippen LogP contribution in [0.4, 0.5) is 0 Å². The Bertz CT molecular complexity index is 882. The van der Waals surface area contributed by atoms with Crippen LogP contribution in [0.2, 0.25) is 0 Å². The van der Waals surface area contributed by atoms with Gasteiger partial charge in [-0.15, -0.1) is 0 Å². The predicted molar refractivity (Wildman–Crippen MR) is 109 cm³/mol. The lowest BCUT2D eigenvalue weighted by Gasteiger charge is -2.39.